The van der Waals surface area contributed by atoms with Crippen molar-refractivity contribution in [2.45, 2.75) is 31.3 Å². The first-order valence-electron chi connectivity index (χ1n) is 8.84. The van der Waals surface area contributed by atoms with Gasteiger partial charge in [-0.1, -0.05) is 58.4 Å². The molecule has 0 radical (unpaired) electrons. The molecule has 1 N–H and O–H groups in total. The summed E-state index contributed by atoms with van der Waals surface area (Å²) in [5.41, 5.74) is 1.48. The molecule has 144 valence electrons. The molecule has 1 fully saturated rings. The third-order valence-electron chi connectivity index (χ3n) is 5.05. The molecule has 1 saturated carbocycles. The molecule has 3 nitrogen and oxygen atoms in total. The molecule has 0 aliphatic heterocycles. The van der Waals surface area contributed by atoms with Gasteiger partial charge in [-0.15, -0.1) is 0 Å². The highest BCUT2D eigenvalue weighted by Gasteiger charge is 2.50. The zero-order chi connectivity index (χ0) is 19.4. The fourth-order valence-corrected chi connectivity index (χ4v) is 4.03. The molecular weight excluding hydrogens is 418 g/mol. The van der Waals surface area contributed by atoms with Crippen molar-refractivity contribution in [2.24, 2.45) is 11.8 Å². The van der Waals surface area contributed by atoms with E-state index in [0.717, 1.165) is 10.0 Å². The molecular formula is C21H21BrF2O3. The highest BCUT2D eigenvalue weighted by Crippen LogP contribution is 2.48. The van der Waals surface area contributed by atoms with Crippen LogP contribution < -0.4 is 0 Å². The van der Waals surface area contributed by atoms with Gasteiger partial charge in [0.05, 0.1) is 5.92 Å². The van der Waals surface area contributed by atoms with E-state index in [1.165, 1.54) is 0 Å². The Morgan fingerprint density at radius 3 is 2.41 bits per heavy atom. The van der Waals surface area contributed by atoms with Gasteiger partial charge in [-0.2, -0.15) is 0 Å². The fourth-order valence-electron chi connectivity index (χ4n) is 3.77. The molecule has 6 heteroatoms. The van der Waals surface area contributed by atoms with E-state index in [2.05, 4.69) is 15.9 Å². The van der Waals surface area contributed by atoms with E-state index < -0.39 is 49.1 Å². The lowest BCUT2D eigenvalue weighted by Crippen LogP contribution is -2.43. The van der Waals surface area contributed by atoms with Crippen molar-refractivity contribution < 1.29 is 23.4 Å². The molecule has 1 aliphatic carbocycles. The molecule has 2 aromatic rings. The summed E-state index contributed by atoms with van der Waals surface area (Å²) in [4.78, 5) is 12.8. The van der Waals surface area contributed by atoms with Gasteiger partial charge in [-0.25, -0.2) is 8.78 Å². The average Bonchev–Trinajstić information content (AvgIpc) is 2.66. The van der Waals surface area contributed by atoms with E-state index in [1.54, 1.807) is 24.3 Å². The first-order chi connectivity index (χ1) is 12.9. The van der Waals surface area contributed by atoms with Crippen LogP contribution in [-0.4, -0.2) is 23.6 Å². The molecule has 3 atom stereocenters. The second kappa shape index (κ2) is 8.48. The van der Waals surface area contributed by atoms with E-state index in [0.29, 0.717) is 5.56 Å². The third kappa shape index (κ3) is 4.93. The van der Waals surface area contributed by atoms with Gasteiger partial charge in [0.15, 0.2) is 0 Å². The number of alkyl halides is 2. The maximum atomic E-state index is 14.3. The van der Waals surface area contributed by atoms with Gasteiger partial charge < -0.3 is 9.84 Å². The maximum absolute atomic E-state index is 14.3. The van der Waals surface area contributed by atoms with Gasteiger partial charge >= 0.3 is 5.97 Å². The van der Waals surface area contributed by atoms with Crippen LogP contribution in [0.25, 0.3) is 0 Å². The van der Waals surface area contributed by atoms with Crippen LogP contribution in [0.2, 0.25) is 0 Å². The number of halogens is 3. The molecule has 0 unspecified atom stereocenters. The van der Waals surface area contributed by atoms with Gasteiger partial charge in [-0.05, 0) is 23.3 Å². The Morgan fingerprint density at radius 1 is 1.11 bits per heavy atom. The van der Waals surface area contributed by atoms with Crippen molar-refractivity contribution in [3.05, 3.63) is 70.2 Å². The van der Waals surface area contributed by atoms with Gasteiger partial charge in [0.25, 0.3) is 0 Å². The Kier molecular flexibility index (Phi) is 6.27. The summed E-state index contributed by atoms with van der Waals surface area (Å²) in [5, 5.41) is 9.69. The van der Waals surface area contributed by atoms with Crippen molar-refractivity contribution in [3.63, 3.8) is 0 Å². The number of esters is 1. The normalized spacial score (nSPS) is 24.4. The van der Waals surface area contributed by atoms with Gasteiger partial charge in [0, 0.05) is 35.8 Å². The monoisotopic (exact) mass is 438 g/mol. The molecule has 0 amide bonds. The SMILES string of the molecule is O=C(OCc1ccccc1)[C@H]1[C@H](CO)CC(F)(F)C[C@@H]1c1ccc(Br)cc1. The summed E-state index contributed by atoms with van der Waals surface area (Å²) in [7, 11) is 0. The van der Waals surface area contributed by atoms with Crippen LogP contribution in [0.3, 0.4) is 0 Å². The summed E-state index contributed by atoms with van der Waals surface area (Å²) in [6.45, 7) is -0.397. The van der Waals surface area contributed by atoms with Crippen LogP contribution in [0.1, 0.15) is 29.9 Å². The van der Waals surface area contributed by atoms with E-state index in [4.69, 9.17) is 4.74 Å². The number of carbonyl (C=O) groups is 1. The second-order valence-electron chi connectivity index (χ2n) is 6.98. The largest absolute Gasteiger partial charge is 0.461 e. The predicted molar refractivity (Wildman–Crippen MR) is 101 cm³/mol. The minimum Gasteiger partial charge on any atom is -0.461 e. The Bertz CT molecular complexity index is 765. The zero-order valence-corrected chi connectivity index (χ0v) is 16.2. The summed E-state index contributed by atoms with van der Waals surface area (Å²) in [6, 6.07) is 16.2. The maximum Gasteiger partial charge on any atom is 0.310 e. The quantitative estimate of drug-likeness (QED) is 0.673. The fraction of sp³-hybridized carbons (Fsp3) is 0.381. The molecule has 2 aromatic carbocycles. The smallest absolute Gasteiger partial charge is 0.310 e. The number of aliphatic hydroxyl groups is 1. The standard InChI is InChI=1S/C21H21BrF2O3/c22-17-8-6-15(7-9-17)18-11-21(23,24)10-16(12-25)19(18)20(26)27-13-14-4-2-1-3-5-14/h1-9,16,18-19,25H,10-13H2/t16-,18+,19-/m0/s1. The molecule has 3 rings (SSSR count). The minimum absolute atomic E-state index is 0.0811. The number of hydrogen-bond donors (Lipinski definition) is 1. The topological polar surface area (TPSA) is 46.5 Å². The summed E-state index contributed by atoms with van der Waals surface area (Å²) in [6.07, 6.45) is -0.947. The van der Waals surface area contributed by atoms with Crippen LogP contribution in [0.15, 0.2) is 59.1 Å². The number of carbonyl (C=O) groups excluding carboxylic acids is 1. The molecule has 27 heavy (non-hydrogen) atoms. The first-order valence-corrected chi connectivity index (χ1v) is 9.63. The lowest BCUT2D eigenvalue weighted by Gasteiger charge is -2.40. The average molecular weight is 439 g/mol. The van der Waals surface area contributed by atoms with E-state index in [-0.39, 0.29) is 6.61 Å². The molecule has 0 spiro atoms. The number of rotatable bonds is 5. The Balaban J connectivity index is 1.84. The second-order valence-corrected chi connectivity index (χ2v) is 7.90. The number of hydrogen-bond acceptors (Lipinski definition) is 3. The number of aliphatic hydroxyl groups excluding tert-OH is 1. The number of ether oxygens (including phenoxy) is 1. The Labute approximate surface area is 165 Å². The van der Waals surface area contributed by atoms with Crippen LogP contribution in [-0.2, 0) is 16.1 Å². The summed E-state index contributed by atoms with van der Waals surface area (Å²) < 4.78 is 34.8. The van der Waals surface area contributed by atoms with E-state index in [9.17, 15) is 18.7 Å². The Hall–Kier alpha value is -1.79. The van der Waals surface area contributed by atoms with Crippen molar-refractivity contribution in [3.8, 4) is 0 Å². The molecule has 0 heterocycles. The lowest BCUT2D eigenvalue weighted by molar-refractivity contribution is -0.162. The van der Waals surface area contributed by atoms with E-state index >= 15 is 0 Å². The van der Waals surface area contributed by atoms with Crippen LogP contribution in [0, 0.1) is 11.8 Å². The van der Waals surface area contributed by atoms with Crippen molar-refractivity contribution in [1.29, 1.82) is 0 Å². The summed E-state index contributed by atoms with van der Waals surface area (Å²) in [5.74, 6) is -5.82. The van der Waals surface area contributed by atoms with Crippen LogP contribution in [0.5, 0.6) is 0 Å². The third-order valence-corrected chi connectivity index (χ3v) is 5.58. The van der Waals surface area contributed by atoms with Gasteiger partial charge in [0.1, 0.15) is 6.61 Å². The number of benzene rings is 2. The molecule has 1 aliphatic rings. The zero-order valence-electron chi connectivity index (χ0n) is 14.7. The van der Waals surface area contributed by atoms with Crippen molar-refractivity contribution in [1.82, 2.24) is 0 Å². The molecule has 0 saturated heterocycles. The van der Waals surface area contributed by atoms with Crippen molar-refractivity contribution >= 4 is 21.9 Å². The molecule has 0 bridgehead atoms. The molecule has 0 aromatic heterocycles. The summed E-state index contributed by atoms with van der Waals surface area (Å²) >= 11 is 3.33. The predicted octanol–water partition coefficient (Wildman–Crippen LogP) is 4.93. The van der Waals surface area contributed by atoms with Gasteiger partial charge in [-0.3, -0.25) is 4.79 Å². The van der Waals surface area contributed by atoms with Crippen LogP contribution >= 0.6 is 15.9 Å². The van der Waals surface area contributed by atoms with Crippen molar-refractivity contribution in [2.75, 3.05) is 6.61 Å². The highest BCUT2D eigenvalue weighted by molar-refractivity contribution is 9.10. The lowest BCUT2D eigenvalue weighted by atomic mass is 9.68. The van der Waals surface area contributed by atoms with E-state index in [1.807, 2.05) is 30.3 Å². The Morgan fingerprint density at radius 2 is 1.78 bits per heavy atom. The van der Waals surface area contributed by atoms with Crippen LogP contribution in [0.4, 0.5) is 8.78 Å². The minimum atomic E-state index is -2.93. The highest BCUT2D eigenvalue weighted by atomic mass is 79.9. The van der Waals surface area contributed by atoms with Gasteiger partial charge in [0.2, 0.25) is 5.92 Å². The first kappa shape index (κ1) is 20.0.